The monoisotopic (exact) mass is 803 g/mol. The molecule has 2 aliphatic heterocycles. The van der Waals surface area contributed by atoms with Gasteiger partial charge in [-0.2, -0.15) is 0 Å². The molecule has 0 atom stereocenters. The van der Waals surface area contributed by atoms with Gasteiger partial charge in [0.15, 0.2) is 5.43 Å². The molecule has 300 valence electrons. The summed E-state index contributed by atoms with van der Waals surface area (Å²) in [5.74, 6) is -2.66. The van der Waals surface area contributed by atoms with Crippen LogP contribution in [0.1, 0.15) is 47.8 Å². The van der Waals surface area contributed by atoms with E-state index >= 15 is 0 Å². The van der Waals surface area contributed by atoms with Crippen LogP contribution >= 0.6 is 0 Å². The van der Waals surface area contributed by atoms with E-state index in [1.165, 1.54) is 30.3 Å². The van der Waals surface area contributed by atoms with Gasteiger partial charge in [-0.1, -0.05) is 36.4 Å². The Bertz CT molecular complexity index is 3140. The number of phenolic OH excluding ortho intramolecular Hbond substituents is 1. The Kier molecular flexibility index (Phi) is 10.2. The predicted molar refractivity (Wildman–Crippen MR) is 227 cm³/mol. The van der Waals surface area contributed by atoms with Gasteiger partial charge in [0.05, 0.1) is 34.9 Å². The molecular formula is C47H39N4O9+. The lowest BCUT2D eigenvalue weighted by atomic mass is 9.88. The van der Waals surface area contributed by atoms with Crippen molar-refractivity contribution in [3.05, 3.63) is 152 Å². The van der Waals surface area contributed by atoms with Crippen LogP contribution in [0.25, 0.3) is 66.8 Å². The maximum absolute atomic E-state index is 13.9. The Balaban J connectivity index is 1.24. The van der Waals surface area contributed by atoms with Crippen LogP contribution in [0.15, 0.2) is 117 Å². The number of nitrogens with two attached hydrogens (primary N) is 1. The normalized spacial score (nSPS) is 11.4. The van der Waals surface area contributed by atoms with Crippen molar-refractivity contribution in [1.29, 1.82) is 0 Å². The standard InChI is InChI=1S/C47H38N4O9/c1-49-22-24-8-11-30-39(18-24)59-40-20-26(51(2)3)10-13-31(40)41(30)28-12-9-25(19-34(28)47(57)58)45(54)50-23-36-38(53)17-15-33-42(27-6-4-5-7-29(27)46(55)56)32-14-16-37(52)35(21-48)43(32)60-44(33)36/h4-20,49H,21-23,48H2,1-3H3,(H3-,50,52,53,54,55,56,57,58)/p+1. The molecule has 60 heavy (non-hydrogen) atoms. The molecule has 8 rings (SSSR count). The van der Waals surface area contributed by atoms with Crippen LogP contribution in [0.2, 0.25) is 0 Å². The van der Waals surface area contributed by atoms with Gasteiger partial charge in [0.25, 0.3) is 5.91 Å². The Hall–Kier alpha value is -7.61. The molecule has 13 heteroatoms. The Labute approximate surface area is 342 Å². The molecule has 13 nitrogen and oxygen atoms in total. The number of fused-ring (bicyclic) bond motifs is 4. The van der Waals surface area contributed by atoms with E-state index in [0.29, 0.717) is 62.0 Å². The number of hydrogen-bond donors (Lipinski definition) is 6. The number of benzene rings is 6. The molecule has 4 aliphatic rings. The fraction of sp³-hybridized carbons (Fsp3) is 0.128. The van der Waals surface area contributed by atoms with Crippen molar-refractivity contribution >= 4 is 39.8 Å². The molecule has 0 fully saturated rings. The highest BCUT2D eigenvalue weighted by Crippen LogP contribution is 2.45. The number of rotatable bonds is 10. The van der Waals surface area contributed by atoms with Crippen molar-refractivity contribution in [2.75, 3.05) is 21.1 Å². The van der Waals surface area contributed by atoms with E-state index < -0.39 is 17.8 Å². The minimum Gasteiger partial charge on any atom is -0.507 e. The molecule has 1 amide bonds. The summed E-state index contributed by atoms with van der Waals surface area (Å²) in [7, 11) is 5.68. The molecule has 0 bridgehead atoms. The lowest BCUT2D eigenvalue weighted by Crippen LogP contribution is -2.23. The quantitative estimate of drug-likeness (QED) is 0.0666. The fourth-order valence-corrected chi connectivity index (χ4v) is 7.80. The van der Waals surface area contributed by atoms with E-state index in [4.69, 9.17) is 14.6 Å². The summed E-state index contributed by atoms with van der Waals surface area (Å²) in [5, 5.41) is 39.9. The van der Waals surface area contributed by atoms with Crippen molar-refractivity contribution in [3.63, 3.8) is 0 Å². The maximum Gasteiger partial charge on any atom is 0.336 e. The number of hydrogen-bond acceptors (Lipinski definition) is 9. The van der Waals surface area contributed by atoms with E-state index in [9.17, 15) is 34.5 Å². The zero-order valence-electron chi connectivity index (χ0n) is 32.8. The second kappa shape index (κ2) is 15.6. The number of aromatic carboxylic acids is 2. The second-order valence-corrected chi connectivity index (χ2v) is 14.6. The molecule has 2 heterocycles. The first-order valence-corrected chi connectivity index (χ1v) is 19.0. The molecule has 0 spiro atoms. The summed E-state index contributed by atoms with van der Waals surface area (Å²) in [5.41, 5.74) is 10.3. The third-order valence-corrected chi connectivity index (χ3v) is 10.7. The third kappa shape index (κ3) is 6.81. The average Bonchev–Trinajstić information content (AvgIpc) is 3.24. The van der Waals surface area contributed by atoms with Crippen molar-refractivity contribution in [3.8, 4) is 50.7 Å². The van der Waals surface area contributed by atoms with E-state index in [1.807, 2.05) is 62.1 Å². The lowest BCUT2D eigenvalue weighted by Gasteiger charge is -2.20. The largest absolute Gasteiger partial charge is 0.507 e. The van der Waals surface area contributed by atoms with E-state index in [-0.39, 0.29) is 63.4 Å². The molecule has 0 aromatic heterocycles. The van der Waals surface area contributed by atoms with Crippen molar-refractivity contribution in [2.24, 2.45) is 5.73 Å². The van der Waals surface area contributed by atoms with Crippen LogP contribution in [0.4, 0.5) is 0 Å². The van der Waals surface area contributed by atoms with Gasteiger partial charge < -0.3 is 40.5 Å². The summed E-state index contributed by atoms with van der Waals surface area (Å²) in [6.45, 7) is 0.113. The molecule has 0 saturated carbocycles. The Morgan fingerprint density at radius 1 is 0.717 bits per heavy atom. The van der Waals surface area contributed by atoms with Crippen LogP contribution < -0.4 is 31.7 Å². The van der Waals surface area contributed by atoms with Gasteiger partial charge in [-0.25, -0.2) is 14.2 Å². The molecular weight excluding hydrogens is 765 g/mol. The average molecular weight is 804 g/mol. The van der Waals surface area contributed by atoms with Crippen LogP contribution in [-0.2, 0) is 19.6 Å². The number of phenols is 1. The Morgan fingerprint density at radius 2 is 1.42 bits per heavy atom. The van der Waals surface area contributed by atoms with Crippen LogP contribution in [0.5, 0.6) is 5.75 Å². The highest BCUT2D eigenvalue weighted by molar-refractivity contribution is 6.10. The first-order chi connectivity index (χ1) is 28.9. The SMILES string of the molecule is CNCc1ccc2c(-c3ccc(C(=O)NCc4c(O)ccc5c(-c6ccccc6C(=O)O)c6ccc(=O)c(CN)c-6oc45)cc3C(=O)O)c3ccc(=[N+](C)C)cc-3oc2c1. The summed E-state index contributed by atoms with van der Waals surface area (Å²) in [4.78, 5) is 52.3. The van der Waals surface area contributed by atoms with Gasteiger partial charge in [0.1, 0.15) is 42.5 Å². The lowest BCUT2D eigenvalue weighted by molar-refractivity contribution is 0.0686. The topological polar surface area (TPSA) is 208 Å². The first kappa shape index (κ1) is 39.2. The Morgan fingerprint density at radius 3 is 2.15 bits per heavy atom. The van der Waals surface area contributed by atoms with Crippen LogP contribution in [0.3, 0.4) is 0 Å². The van der Waals surface area contributed by atoms with E-state index in [1.54, 1.807) is 36.4 Å². The smallest absolute Gasteiger partial charge is 0.336 e. The van der Waals surface area contributed by atoms with E-state index in [0.717, 1.165) is 10.9 Å². The summed E-state index contributed by atoms with van der Waals surface area (Å²) in [6, 6.07) is 28.2. The number of nitrogens with zero attached hydrogens (tertiary/aromatic N) is 1. The molecule has 0 radical (unpaired) electrons. The zero-order valence-corrected chi connectivity index (χ0v) is 32.8. The van der Waals surface area contributed by atoms with Crippen molar-refractivity contribution in [1.82, 2.24) is 15.2 Å². The summed E-state index contributed by atoms with van der Waals surface area (Å²) >= 11 is 0. The van der Waals surface area contributed by atoms with Crippen LogP contribution in [-0.4, -0.2) is 54.3 Å². The second-order valence-electron chi connectivity index (χ2n) is 14.6. The van der Waals surface area contributed by atoms with Crippen molar-refractivity contribution < 1.29 is 38.5 Å². The number of nitrogens with one attached hydrogen (secondary N) is 2. The highest BCUT2D eigenvalue weighted by Gasteiger charge is 2.27. The van der Waals surface area contributed by atoms with Gasteiger partial charge >= 0.3 is 11.9 Å². The van der Waals surface area contributed by atoms with Gasteiger partial charge in [0, 0.05) is 57.7 Å². The zero-order chi connectivity index (χ0) is 42.4. The molecule has 2 aliphatic carbocycles. The minimum atomic E-state index is -1.25. The number of aromatic hydroxyl groups is 1. The van der Waals surface area contributed by atoms with Gasteiger partial charge in [0.2, 0.25) is 5.36 Å². The fourth-order valence-electron chi connectivity index (χ4n) is 7.80. The third-order valence-electron chi connectivity index (χ3n) is 10.7. The molecule has 0 unspecified atom stereocenters. The number of carboxylic acid groups (broad SMARTS) is 2. The molecule has 4 aromatic rings. The minimum absolute atomic E-state index is 0.00448. The van der Waals surface area contributed by atoms with Gasteiger partial charge in [-0.05, 0) is 78.3 Å². The van der Waals surface area contributed by atoms with Crippen LogP contribution in [0, 0.1) is 0 Å². The van der Waals surface area contributed by atoms with Crippen molar-refractivity contribution in [2.45, 2.75) is 19.6 Å². The number of amides is 1. The molecule has 4 aromatic carbocycles. The van der Waals surface area contributed by atoms with E-state index in [2.05, 4.69) is 10.6 Å². The number of carboxylic acids is 2. The van der Waals surface area contributed by atoms with Gasteiger partial charge in [-0.3, -0.25) is 9.59 Å². The molecule has 0 saturated heterocycles. The first-order valence-electron chi connectivity index (χ1n) is 19.0. The summed E-state index contributed by atoms with van der Waals surface area (Å²) < 4.78 is 14.7. The molecule has 7 N–H and O–H groups in total. The predicted octanol–water partition coefficient (Wildman–Crippen LogP) is 6.32. The highest BCUT2D eigenvalue weighted by atomic mass is 16.4. The number of carbonyl (C=O) groups is 3. The van der Waals surface area contributed by atoms with Gasteiger partial charge in [-0.15, -0.1) is 0 Å². The summed E-state index contributed by atoms with van der Waals surface area (Å²) in [6.07, 6.45) is 0. The number of carbonyl (C=O) groups excluding carboxylic acids is 1. The maximum atomic E-state index is 13.9.